The molecule has 0 unspecified atom stereocenters. The second kappa shape index (κ2) is 6.83. The summed E-state index contributed by atoms with van der Waals surface area (Å²) in [7, 11) is 0. The van der Waals surface area contributed by atoms with E-state index in [1.165, 1.54) is 0 Å². The van der Waals surface area contributed by atoms with Crippen molar-refractivity contribution < 1.29 is 0 Å². The molecule has 1 rings (SSSR count). The van der Waals surface area contributed by atoms with Crippen LogP contribution in [0.15, 0.2) is 0 Å². The van der Waals surface area contributed by atoms with E-state index in [4.69, 9.17) is 16.3 Å². The molecule has 0 saturated heterocycles. The molecule has 1 aromatic rings. The highest BCUT2D eigenvalue weighted by molar-refractivity contribution is 5.68. The number of nitrogens with one attached hydrogen (secondary N) is 1. The van der Waals surface area contributed by atoms with Crippen LogP contribution in [-0.4, -0.2) is 11.5 Å². The molecule has 6 nitrogen and oxygen atoms in total. The molecule has 0 aliphatic carbocycles. The number of hydrogen-bond donors (Lipinski definition) is 2. The summed E-state index contributed by atoms with van der Waals surface area (Å²) in [6, 6.07) is 5.84. The van der Waals surface area contributed by atoms with Crippen molar-refractivity contribution in [3.8, 4) is 18.2 Å². The highest BCUT2D eigenvalue weighted by atomic mass is 15.0. The van der Waals surface area contributed by atoms with Crippen molar-refractivity contribution in [3.63, 3.8) is 0 Å². The van der Waals surface area contributed by atoms with Gasteiger partial charge in [0.25, 0.3) is 0 Å². The Hall–Kier alpha value is -2.78. The van der Waals surface area contributed by atoms with Gasteiger partial charge in [-0.05, 0) is 6.42 Å². The molecule has 0 fully saturated rings. The Morgan fingerprint density at radius 1 is 1.21 bits per heavy atom. The lowest BCUT2D eigenvalue weighted by Crippen LogP contribution is -2.11. The first kappa shape index (κ1) is 14.3. The number of aromatic nitrogens is 1. The highest BCUT2D eigenvalue weighted by Crippen LogP contribution is 2.25. The van der Waals surface area contributed by atoms with Crippen molar-refractivity contribution in [1.82, 2.24) is 4.98 Å². The maximum atomic E-state index is 9.20. The Morgan fingerprint density at radius 2 is 1.89 bits per heavy atom. The van der Waals surface area contributed by atoms with Crippen LogP contribution in [0.3, 0.4) is 0 Å². The Morgan fingerprint density at radius 3 is 2.42 bits per heavy atom. The van der Waals surface area contributed by atoms with E-state index in [0.29, 0.717) is 17.9 Å². The van der Waals surface area contributed by atoms with Gasteiger partial charge in [-0.1, -0.05) is 13.3 Å². The first-order valence-electron chi connectivity index (χ1n) is 5.92. The van der Waals surface area contributed by atoms with Crippen LogP contribution in [0.4, 0.5) is 11.6 Å². The topological polar surface area (TPSA) is 122 Å². The van der Waals surface area contributed by atoms with Crippen LogP contribution in [0.5, 0.6) is 0 Å². The van der Waals surface area contributed by atoms with Crippen LogP contribution in [-0.2, 0) is 6.42 Å². The lowest BCUT2D eigenvalue weighted by Gasteiger charge is -2.12. The van der Waals surface area contributed by atoms with Crippen LogP contribution in [0, 0.1) is 34.0 Å². The summed E-state index contributed by atoms with van der Waals surface area (Å²) >= 11 is 0. The molecule has 1 heterocycles. The maximum Gasteiger partial charge on any atom is 0.146 e. The highest BCUT2D eigenvalue weighted by Gasteiger charge is 2.17. The van der Waals surface area contributed by atoms with Crippen molar-refractivity contribution >= 4 is 11.6 Å². The number of nitrogen functional groups attached to an aromatic ring is 1. The molecular weight excluding hydrogens is 240 g/mol. The van der Waals surface area contributed by atoms with Crippen LogP contribution < -0.4 is 11.1 Å². The van der Waals surface area contributed by atoms with Gasteiger partial charge in [0, 0.05) is 12.1 Å². The summed E-state index contributed by atoms with van der Waals surface area (Å²) in [5, 5.41) is 30.1. The summed E-state index contributed by atoms with van der Waals surface area (Å²) in [4.78, 5) is 4.04. The quantitative estimate of drug-likeness (QED) is 0.771. The predicted molar refractivity (Wildman–Crippen MR) is 70.8 cm³/mol. The molecule has 0 atom stereocenters. The molecule has 96 valence electrons. The molecule has 1 aromatic heterocycles. The molecule has 0 aromatic carbocycles. The number of pyridine rings is 1. The Bertz CT molecular complexity index is 585. The Kier molecular flexibility index (Phi) is 5.14. The van der Waals surface area contributed by atoms with Gasteiger partial charge in [-0.15, -0.1) is 0 Å². The minimum atomic E-state index is -0.0407. The van der Waals surface area contributed by atoms with Gasteiger partial charge in [-0.3, -0.25) is 0 Å². The van der Waals surface area contributed by atoms with Gasteiger partial charge in [-0.2, -0.15) is 15.8 Å². The summed E-state index contributed by atoms with van der Waals surface area (Å²) < 4.78 is 0. The van der Waals surface area contributed by atoms with Crippen molar-refractivity contribution in [2.24, 2.45) is 0 Å². The third kappa shape index (κ3) is 3.12. The van der Waals surface area contributed by atoms with Gasteiger partial charge in [0.2, 0.25) is 0 Å². The zero-order valence-electron chi connectivity index (χ0n) is 10.7. The molecule has 0 bridgehead atoms. The monoisotopic (exact) mass is 254 g/mol. The van der Waals surface area contributed by atoms with Gasteiger partial charge in [0.1, 0.15) is 29.3 Å². The Labute approximate surface area is 112 Å². The van der Waals surface area contributed by atoms with Crippen LogP contribution >= 0.6 is 0 Å². The van der Waals surface area contributed by atoms with Crippen molar-refractivity contribution in [1.29, 1.82) is 15.8 Å². The van der Waals surface area contributed by atoms with Crippen molar-refractivity contribution in [2.75, 3.05) is 17.6 Å². The first-order valence-corrected chi connectivity index (χ1v) is 5.92. The first-order chi connectivity index (χ1) is 9.19. The van der Waals surface area contributed by atoms with E-state index in [1.54, 1.807) is 0 Å². The van der Waals surface area contributed by atoms with Gasteiger partial charge >= 0.3 is 0 Å². The number of nitrogens with two attached hydrogens (primary N) is 1. The van der Waals surface area contributed by atoms with Gasteiger partial charge < -0.3 is 11.1 Å². The molecule has 0 radical (unpaired) electrons. The third-order valence-electron chi connectivity index (χ3n) is 2.63. The predicted octanol–water partition coefficient (Wildman–Crippen LogP) is 1.69. The minimum absolute atomic E-state index is 0.0407. The summed E-state index contributed by atoms with van der Waals surface area (Å²) in [6.45, 7) is 2.71. The summed E-state index contributed by atoms with van der Waals surface area (Å²) in [5.41, 5.74) is 6.38. The normalized spacial score (nSPS) is 9.16. The fraction of sp³-hybridized carbons (Fsp3) is 0.385. The number of anilines is 2. The van der Waals surface area contributed by atoms with E-state index in [1.807, 2.05) is 18.2 Å². The Balaban J connectivity index is 3.31. The van der Waals surface area contributed by atoms with E-state index >= 15 is 0 Å². The van der Waals surface area contributed by atoms with Crippen molar-refractivity contribution in [2.45, 2.75) is 26.2 Å². The second-order valence-electron chi connectivity index (χ2n) is 3.91. The summed E-state index contributed by atoms with van der Waals surface area (Å²) in [5.74, 6) is 0.392. The molecule has 0 aliphatic heterocycles. The average molecular weight is 254 g/mol. The smallest absolute Gasteiger partial charge is 0.146 e. The zero-order valence-corrected chi connectivity index (χ0v) is 10.7. The second-order valence-corrected chi connectivity index (χ2v) is 3.91. The molecular formula is C13H14N6. The number of nitriles is 3. The van der Waals surface area contributed by atoms with E-state index in [2.05, 4.69) is 17.2 Å². The number of unbranched alkanes of at least 4 members (excludes halogenated alkanes) is 1. The van der Waals surface area contributed by atoms with Crippen LogP contribution in [0.25, 0.3) is 0 Å². The van der Waals surface area contributed by atoms with Crippen molar-refractivity contribution in [3.05, 3.63) is 16.7 Å². The SMILES string of the molecule is CCCCNc1nc(N)c(C#N)c(CC#N)c1C#N. The molecule has 0 aliphatic rings. The van der Waals surface area contributed by atoms with Gasteiger partial charge in [0.05, 0.1) is 18.1 Å². The minimum Gasteiger partial charge on any atom is -0.383 e. The van der Waals surface area contributed by atoms with E-state index in [9.17, 15) is 5.26 Å². The van der Waals surface area contributed by atoms with Crippen LogP contribution in [0.1, 0.15) is 36.5 Å². The number of hydrogen-bond acceptors (Lipinski definition) is 6. The standard InChI is InChI=1S/C13H14N6/c1-2-3-6-18-13-11(8-16)9(4-5-14)10(7-15)12(17)19-13/h2-4,6H2,1H3,(H3,17,18,19). The maximum absolute atomic E-state index is 9.20. The van der Waals surface area contributed by atoms with E-state index < -0.39 is 0 Å². The molecule has 0 saturated carbocycles. The largest absolute Gasteiger partial charge is 0.383 e. The van der Waals surface area contributed by atoms with E-state index in [0.717, 1.165) is 12.8 Å². The molecule has 3 N–H and O–H groups in total. The average Bonchev–Trinajstić information content (AvgIpc) is 2.40. The van der Waals surface area contributed by atoms with Crippen LogP contribution in [0.2, 0.25) is 0 Å². The number of rotatable bonds is 5. The fourth-order valence-corrected chi connectivity index (χ4v) is 1.67. The fourth-order valence-electron chi connectivity index (χ4n) is 1.67. The molecule has 6 heteroatoms. The molecule has 19 heavy (non-hydrogen) atoms. The van der Waals surface area contributed by atoms with Gasteiger partial charge in [0.15, 0.2) is 0 Å². The summed E-state index contributed by atoms with van der Waals surface area (Å²) in [6.07, 6.45) is 1.90. The lowest BCUT2D eigenvalue weighted by atomic mass is 10.0. The molecule has 0 spiro atoms. The van der Waals surface area contributed by atoms with E-state index in [-0.39, 0.29) is 23.4 Å². The number of nitrogens with zero attached hydrogens (tertiary/aromatic N) is 4. The third-order valence-corrected chi connectivity index (χ3v) is 2.63. The lowest BCUT2D eigenvalue weighted by molar-refractivity contribution is 0.830. The van der Waals surface area contributed by atoms with Gasteiger partial charge in [-0.25, -0.2) is 4.98 Å². The molecule has 0 amide bonds. The zero-order chi connectivity index (χ0) is 14.3.